The van der Waals surface area contributed by atoms with E-state index in [2.05, 4.69) is 14.8 Å². The summed E-state index contributed by atoms with van der Waals surface area (Å²) in [6.45, 7) is 4.20. The maximum absolute atomic E-state index is 12.2. The van der Waals surface area contributed by atoms with Gasteiger partial charge in [0.1, 0.15) is 6.04 Å². The Bertz CT molecular complexity index is 643. The molecule has 0 radical (unpaired) electrons. The van der Waals surface area contributed by atoms with Crippen LogP contribution < -0.4 is 5.48 Å². The Labute approximate surface area is 141 Å². The minimum Gasteiger partial charge on any atom is -0.297 e. The predicted octanol–water partition coefficient (Wildman–Crippen LogP) is 1.45. The van der Waals surface area contributed by atoms with Crippen molar-refractivity contribution in [2.45, 2.75) is 12.6 Å². The normalized spacial score (nSPS) is 17.4. The van der Waals surface area contributed by atoms with Crippen LogP contribution in [0.1, 0.15) is 17.2 Å². The quantitative estimate of drug-likeness (QED) is 0.643. The van der Waals surface area contributed by atoms with Crippen LogP contribution in [0.25, 0.3) is 0 Å². The number of piperazine rings is 1. The molecule has 1 aliphatic heterocycles. The molecular weight excluding hydrogens is 304 g/mol. The minimum absolute atomic E-state index is 0.385. The molecule has 0 saturated carbocycles. The number of nitrogens with zero attached hydrogens (tertiary/aromatic N) is 3. The van der Waals surface area contributed by atoms with Crippen LogP contribution in [0.4, 0.5) is 0 Å². The van der Waals surface area contributed by atoms with E-state index in [1.54, 1.807) is 0 Å². The minimum atomic E-state index is -0.459. The fourth-order valence-electron chi connectivity index (χ4n) is 3.15. The molecule has 1 atom stereocenters. The summed E-state index contributed by atoms with van der Waals surface area (Å²) in [4.78, 5) is 20.7. The molecule has 2 N–H and O–H groups in total. The number of carbonyl (C=O) groups is 1. The second kappa shape index (κ2) is 8.01. The van der Waals surface area contributed by atoms with Gasteiger partial charge in [0.2, 0.25) is 0 Å². The van der Waals surface area contributed by atoms with E-state index >= 15 is 0 Å². The SMILES string of the molecule is O=C(NO)C(c1ccccc1)N1CCN(Cc2ccncc2)CC1. The summed E-state index contributed by atoms with van der Waals surface area (Å²) < 4.78 is 0. The van der Waals surface area contributed by atoms with Crippen LogP contribution in [-0.2, 0) is 11.3 Å². The van der Waals surface area contributed by atoms with Gasteiger partial charge in [-0.2, -0.15) is 0 Å². The maximum atomic E-state index is 12.2. The van der Waals surface area contributed by atoms with E-state index in [0.717, 1.165) is 38.3 Å². The Hall–Kier alpha value is -2.28. The van der Waals surface area contributed by atoms with Crippen LogP contribution in [0.3, 0.4) is 0 Å². The van der Waals surface area contributed by atoms with Crippen LogP contribution in [0, 0.1) is 0 Å². The third-order valence-electron chi connectivity index (χ3n) is 4.40. The summed E-state index contributed by atoms with van der Waals surface area (Å²) in [5.41, 5.74) is 3.95. The Balaban J connectivity index is 1.64. The molecule has 126 valence electrons. The van der Waals surface area contributed by atoms with Gasteiger partial charge in [0.25, 0.3) is 5.91 Å². The third kappa shape index (κ3) is 3.97. The molecule has 1 aromatic carbocycles. The molecule has 2 heterocycles. The molecule has 1 aliphatic rings. The van der Waals surface area contributed by atoms with Crippen molar-refractivity contribution in [3.8, 4) is 0 Å². The second-order valence-electron chi connectivity index (χ2n) is 5.96. The molecule has 1 amide bonds. The molecule has 1 unspecified atom stereocenters. The van der Waals surface area contributed by atoms with Crippen molar-refractivity contribution >= 4 is 5.91 Å². The number of hydrogen-bond acceptors (Lipinski definition) is 5. The predicted molar refractivity (Wildman–Crippen MR) is 90.2 cm³/mol. The summed E-state index contributed by atoms with van der Waals surface area (Å²) in [5.74, 6) is -0.385. The summed E-state index contributed by atoms with van der Waals surface area (Å²) >= 11 is 0. The van der Waals surface area contributed by atoms with E-state index < -0.39 is 6.04 Å². The van der Waals surface area contributed by atoms with Crippen LogP contribution >= 0.6 is 0 Å². The van der Waals surface area contributed by atoms with Gasteiger partial charge >= 0.3 is 0 Å². The lowest BCUT2D eigenvalue weighted by Crippen LogP contribution is -2.50. The van der Waals surface area contributed by atoms with Crippen LogP contribution in [0.2, 0.25) is 0 Å². The molecule has 0 aliphatic carbocycles. The molecule has 1 fully saturated rings. The number of rotatable bonds is 5. The highest BCUT2D eigenvalue weighted by molar-refractivity contribution is 5.82. The summed E-state index contributed by atoms with van der Waals surface area (Å²) in [6.07, 6.45) is 3.62. The van der Waals surface area contributed by atoms with E-state index in [1.807, 2.05) is 60.3 Å². The van der Waals surface area contributed by atoms with Gasteiger partial charge in [-0.25, -0.2) is 5.48 Å². The Morgan fingerprint density at radius 2 is 1.75 bits per heavy atom. The summed E-state index contributed by atoms with van der Waals surface area (Å²) in [6, 6.07) is 13.2. The number of aromatic nitrogens is 1. The number of nitrogens with one attached hydrogen (secondary N) is 1. The molecule has 2 aromatic rings. The largest absolute Gasteiger partial charge is 0.297 e. The lowest BCUT2D eigenvalue weighted by Gasteiger charge is -2.38. The van der Waals surface area contributed by atoms with Crippen molar-refractivity contribution < 1.29 is 10.0 Å². The van der Waals surface area contributed by atoms with Crippen molar-refractivity contribution in [3.63, 3.8) is 0 Å². The molecule has 0 bridgehead atoms. The van der Waals surface area contributed by atoms with Crippen LogP contribution in [-0.4, -0.2) is 52.1 Å². The van der Waals surface area contributed by atoms with Crippen LogP contribution in [0.5, 0.6) is 0 Å². The average Bonchev–Trinajstić information content (AvgIpc) is 2.65. The monoisotopic (exact) mass is 326 g/mol. The molecule has 24 heavy (non-hydrogen) atoms. The molecule has 0 spiro atoms. The van der Waals surface area contributed by atoms with Crippen molar-refractivity contribution in [3.05, 3.63) is 66.0 Å². The Morgan fingerprint density at radius 3 is 2.38 bits per heavy atom. The number of amides is 1. The number of hydroxylamine groups is 1. The smallest absolute Gasteiger partial charge is 0.265 e. The molecule has 6 heteroatoms. The zero-order chi connectivity index (χ0) is 16.8. The molecule has 1 aromatic heterocycles. The van der Waals surface area contributed by atoms with Gasteiger partial charge in [-0.1, -0.05) is 30.3 Å². The molecular formula is C18H22N4O2. The number of carbonyl (C=O) groups excluding carboxylic acids is 1. The van der Waals surface area contributed by atoms with Gasteiger partial charge in [0.15, 0.2) is 0 Å². The van der Waals surface area contributed by atoms with Gasteiger partial charge in [-0.15, -0.1) is 0 Å². The van der Waals surface area contributed by atoms with Gasteiger partial charge < -0.3 is 0 Å². The zero-order valence-electron chi connectivity index (χ0n) is 13.5. The average molecular weight is 326 g/mol. The zero-order valence-corrected chi connectivity index (χ0v) is 13.5. The standard InChI is InChI=1S/C18H22N4O2/c23-18(20-24)17(16-4-2-1-3-5-16)22-12-10-21(11-13-22)14-15-6-8-19-9-7-15/h1-9,17,24H,10-14H2,(H,20,23). The number of hydrogen-bond donors (Lipinski definition) is 2. The van der Waals surface area contributed by atoms with E-state index in [-0.39, 0.29) is 5.91 Å². The summed E-state index contributed by atoms with van der Waals surface area (Å²) in [5, 5.41) is 9.10. The van der Waals surface area contributed by atoms with Crippen molar-refractivity contribution in [1.29, 1.82) is 0 Å². The first-order valence-corrected chi connectivity index (χ1v) is 8.12. The topological polar surface area (TPSA) is 68.7 Å². The fourth-order valence-corrected chi connectivity index (χ4v) is 3.15. The highest BCUT2D eigenvalue weighted by Crippen LogP contribution is 2.22. The van der Waals surface area contributed by atoms with Crippen LogP contribution in [0.15, 0.2) is 54.9 Å². The first-order chi connectivity index (χ1) is 11.8. The number of benzene rings is 1. The van der Waals surface area contributed by atoms with Gasteiger partial charge in [0.05, 0.1) is 0 Å². The third-order valence-corrected chi connectivity index (χ3v) is 4.40. The van der Waals surface area contributed by atoms with Crippen molar-refractivity contribution in [2.24, 2.45) is 0 Å². The van der Waals surface area contributed by atoms with E-state index in [1.165, 1.54) is 5.56 Å². The first kappa shape index (κ1) is 16.6. The lowest BCUT2D eigenvalue weighted by molar-refractivity contribution is -0.136. The lowest BCUT2D eigenvalue weighted by atomic mass is 10.0. The maximum Gasteiger partial charge on any atom is 0.265 e. The van der Waals surface area contributed by atoms with Crippen molar-refractivity contribution in [1.82, 2.24) is 20.3 Å². The molecule has 6 nitrogen and oxygen atoms in total. The highest BCUT2D eigenvalue weighted by Gasteiger charge is 2.30. The van der Waals surface area contributed by atoms with Gasteiger partial charge in [-0.3, -0.25) is 24.8 Å². The van der Waals surface area contributed by atoms with Gasteiger partial charge in [0, 0.05) is 45.1 Å². The second-order valence-corrected chi connectivity index (χ2v) is 5.96. The van der Waals surface area contributed by atoms with E-state index in [4.69, 9.17) is 5.21 Å². The fraction of sp³-hybridized carbons (Fsp3) is 0.333. The molecule has 1 saturated heterocycles. The highest BCUT2D eigenvalue weighted by atomic mass is 16.5. The summed E-state index contributed by atoms with van der Waals surface area (Å²) in [7, 11) is 0. The van der Waals surface area contributed by atoms with Gasteiger partial charge in [-0.05, 0) is 23.3 Å². The molecule has 3 rings (SSSR count). The van der Waals surface area contributed by atoms with Crippen molar-refractivity contribution in [2.75, 3.05) is 26.2 Å². The van der Waals surface area contributed by atoms with E-state index in [0.29, 0.717) is 0 Å². The number of pyridine rings is 1. The Kier molecular flexibility index (Phi) is 5.53. The Morgan fingerprint density at radius 1 is 1.08 bits per heavy atom. The van der Waals surface area contributed by atoms with E-state index in [9.17, 15) is 4.79 Å². The first-order valence-electron chi connectivity index (χ1n) is 8.12.